The molecule has 11 heteroatoms. The maximum absolute atomic E-state index is 14.4. The van der Waals surface area contributed by atoms with Crippen LogP contribution in [0.2, 0.25) is 10.2 Å². The smallest absolute Gasteiger partial charge is 0.339 e. The van der Waals surface area contributed by atoms with Crippen molar-refractivity contribution in [2.45, 2.75) is 12.6 Å². The zero-order valence-electron chi connectivity index (χ0n) is 14.8. The zero-order chi connectivity index (χ0) is 22.0. The van der Waals surface area contributed by atoms with E-state index >= 15 is 0 Å². The number of hydrogen-bond donors (Lipinski definition) is 2. The summed E-state index contributed by atoms with van der Waals surface area (Å²) in [5, 5.41) is 13.2. The Hall–Kier alpha value is -2.62. The molecule has 2 heterocycles. The summed E-state index contributed by atoms with van der Waals surface area (Å²) in [5.74, 6) is -5.26. The van der Waals surface area contributed by atoms with Crippen molar-refractivity contribution < 1.29 is 27.9 Å². The average molecular weight is 475 g/mol. The van der Waals surface area contributed by atoms with Gasteiger partial charge in [-0.1, -0.05) is 35.3 Å². The van der Waals surface area contributed by atoms with Crippen molar-refractivity contribution in [3.8, 4) is 11.1 Å². The molecule has 0 radical (unpaired) electrons. The van der Waals surface area contributed by atoms with Crippen molar-refractivity contribution in [2.24, 2.45) is 0 Å². The van der Waals surface area contributed by atoms with Crippen LogP contribution in [0.1, 0.15) is 15.9 Å². The van der Waals surface area contributed by atoms with E-state index in [1.54, 1.807) is 24.3 Å². The Bertz CT molecular complexity index is 1120. The van der Waals surface area contributed by atoms with Crippen molar-refractivity contribution in [3.05, 3.63) is 68.8 Å². The van der Waals surface area contributed by atoms with Gasteiger partial charge in [-0.15, -0.1) is 11.3 Å². The van der Waals surface area contributed by atoms with Crippen LogP contribution in [0.4, 0.5) is 18.2 Å². The molecule has 0 bridgehead atoms. The lowest BCUT2D eigenvalue weighted by Crippen LogP contribution is -2.26. The van der Waals surface area contributed by atoms with Crippen LogP contribution < -0.4 is 5.32 Å². The predicted molar refractivity (Wildman–Crippen MR) is 108 cm³/mol. The van der Waals surface area contributed by atoms with E-state index in [-0.39, 0.29) is 16.1 Å². The number of halogens is 5. The second-order valence-corrected chi connectivity index (χ2v) is 7.71. The number of carboxylic acids is 1. The van der Waals surface area contributed by atoms with Gasteiger partial charge in [0.2, 0.25) is 5.95 Å². The molecule has 1 aromatic carbocycles. The number of amides is 1. The first kappa shape index (κ1) is 22.1. The minimum atomic E-state index is -2.21. The van der Waals surface area contributed by atoms with Gasteiger partial charge >= 0.3 is 5.97 Å². The zero-order valence-corrected chi connectivity index (χ0v) is 17.1. The number of carboxylic acid groups (broad SMARTS) is 1. The molecule has 156 valence electrons. The molecule has 1 unspecified atom stereocenters. The molecule has 0 fully saturated rings. The van der Waals surface area contributed by atoms with Crippen LogP contribution in [0.25, 0.3) is 11.1 Å². The molecule has 2 N–H and O–H groups in total. The summed E-state index contributed by atoms with van der Waals surface area (Å²) in [7, 11) is 0. The van der Waals surface area contributed by atoms with E-state index in [2.05, 4.69) is 10.3 Å². The third-order valence-electron chi connectivity index (χ3n) is 4.04. The highest BCUT2D eigenvalue weighted by Gasteiger charge is 2.26. The van der Waals surface area contributed by atoms with E-state index in [0.29, 0.717) is 22.2 Å². The van der Waals surface area contributed by atoms with Crippen LogP contribution in [0, 0.1) is 11.8 Å². The molecule has 30 heavy (non-hydrogen) atoms. The van der Waals surface area contributed by atoms with Gasteiger partial charge in [-0.05, 0) is 29.3 Å². The van der Waals surface area contributed by atoms with Crippen LogP contribution in [0.3, 0.4) is 0 Å². The summed E-state index contributed by atoms with van der Waals surface area (Å²) >= 11 is 12.4. The molecule has 3 aromatic rings. The molecule has 1 amide bonds. The average Bonchev–Trinajstić information content (AvgIpc) is 3.10. The molecule has 0 aliphatic carbocycles. The predicted octanol–water partition coefficient (Wildman–Crippen LogP) is 5.61. The highest BCUT2D eigenvalue weighted by atomic mass is 35.5. The summed E-state index contributed by atoms with van der Waals surface area (Å²) in [6, 6.07) is 7.03. The van der Waals surface area contributed by atoms with Crippen LogP contribution in [0.5, 0.6) is 0 Å². The lowest BCUT2D eigenvalue weighted by atomic mass is 10.0. The summed E-state index contributed by atoms with van der Waals surface area (Å²) in [5.41, 5.74) is 0.452. The highest BCUT2D eigenvalue weighted by Crippen LogP contribution is 2.36. The van der Waals surface area contributed by atoms with Crippen LogP contribution in [0.15, 0.2) is 35.7 Å². The Morgan fingerprint density at radius 3 is 2.50 bits per heavy atom. The second kappa shape index (κ2) is 9.03. The third kappa shape index (κ3) is 4.75. The van der Waals surface area contributed by atoms with E-state index < -0.39 is 41.4 Å². The second-order valence-electron chi connectivity index (χ2n) is 6.04. The molecule has 2 aromatic heterocycles. The Labute approximate surface area is 182 Å². The monoisotopic (exact) mass is 474 g/mol. The van der Waals surface area contributed by atoms with E-state index in [1.165, 1.54) is 5.38 Å². The number of carbonyl (C=O) groups is 2. The quantitative estimate of drug-likeness (QED) is 0.454. The first-order valence-corrected chi connectivity index (χ1v) is 9.87. The SMILES string of the molecule is O=C(O)c1c(-c2ccc(Cl)cc2)csc1NC(=O)C(F)Cc1cc(F)c(F)nc1Cl. The van der Waals surface area contributed by atoms with Gasteiger partial charge in [-0.2, -0.15) is 4.39 Å². The minimum Gasteiger partial charge on any atom is -0.478 e. The standard InChI is InChI=1S/C19H11Cl2F3N2O3S/c20-10-3-1-8(2-4-10)11-7-30-18(14(11)19(28)29)26-17(27)13(23)6-9-5-12(22)16(24)25-15(9)21/h1-5,7,13H,6H2,(H,26,27)(H,28,29). The molecule has 1 atom stereocenters. The molecular formula is C19H11Cl2F3N2O3S. The molecule has 0 aliphatic rings. The third-order valence-corrected chi connectivity index (χ3v) is 5.51. The Balaban J connectivity index is 1.82. The normalized spacial score (nSPS) is 11.9. The van der Waals surface area contributed by atoms with Gasteiger partial charge in [0, 0.05) is 22.4 Å². The topological polar surface area (TPSA) is 79.3 Å². The molecule has 5 nitrogen and oxygen atoms in total. The number of alkyl halides is 1. The number of nitrogens with zero attached hydrogens (tertiary/aromatic N) is 1. The maximum atomic E-state index is 14.4. The number of hydrogen-bond acceptors (Lipinski definition) is 4. The summed E-state index contributed by atoms with van der Waals surface area (Å²) < 4.78 is 40.7. The fourth-order valence-corrected chi connectivity index (χ4v) is 3.90. The maximum Gasteiger partial charge on any atom is 0.339 e. The number of aromatic nitrogens is 1. The molecule has 0 aliphatic heterocycles. The highest BCUT2D eigenvalue weighted by molar-refractivity contribution is 7.15. The molecule has 0 saturated carbocycles. The van der Waals surface area contributed by atoms with Crippen molar-refractivity contribution in [1.82, 2.24) is 4.98 Å². The number of carbonyl (C=O) groups excluding carboxylic acids is 1. The van der Waals surface area contributed by atoms with Gasteiger partial charge in [-0.3, -0.25) is 4.79 Å². The number of benzene rings is 1. The fourth-order valence-electron chi connectivity index (χ4n) is 2.61. The van der Waals surface area contributed by atoms with Crippen molar-refractivity contribution in [3.63, 3.8) is 0 Å². The van der Waals surface area contributed by atoms with Gasteiger partial charge in [-0.25, -0.2) is 18.6 Å². The van der Waals surface area contributed by atoms with Crippen LogP contribution in [-0.4, -0.2) is 28.1 Å². The van der Waals surface area contributed by atoms with E-state index in [1.807, 2.05) is 0 Å². The van der Waals surface area contributed by atoms with Gasteiger partial charge in [0.25, 0.3) is 5.91 Å². The molecule has 3 rings (SSSR count). The first-order valence-electron chi connectivity index (χ1n) is 8.23. The Morgan fingerprint density at radius 2 is 1.87 bits per heavy atom. The van der Waals surface area contributed by atoms with E-state index in [4.69, 9.17) is 23.2 Å². The largest absolute Gasteiger partial charge is 0.478 e. The number of rotatable bonds is 6. The number of pyridine rings is 1. The van der Waals surface area contributed by atoms with Crippen molar-refractivity contribution in [1.29, 1.82) is 0 Å². The van der Waals surface area contributed by atoms with E-state index in [9.17, 15) is 27.9 Å². The summed E-state index contributed by atoms with van der Waals surface area (Å²) in [6.07, 6.45) is -2.89. The Morgan fingerprint density at radius 1 is 1.20 bits per heavy atom. The van der Waals surface area contributed by atoms with Gasteiger partial charge in [0.05, 0.1) is 0 Å². The first-order chi connectivity index (χ1) is 14.2. The van der Waals surface area contributed by atoms with Gasteiger partial charge < -0.3 is 10.4 Å². The number of anilines is 1. The van der Waals surface area contributed by atoms with Gasteiger partial charge in [0.1, 0.15) is 15.7 Å². The summed E-state index contributed by atoms with van der Waals surface area (Å²) in [6.45, 7) is 0. The lowest BCUT2D eigenvalue weighted by Gasteiger charge is -2.11. The number of aromatic carboxylic acids is 1. The van der Waals surface area contributed by atoms with E-state index in [0.717, 1.165) is 11.3 Å². The van der Waals surface area contributed by atoms with Crippen molar-refractivity contribution >= 4 is 51.4 Å². The summed E-state index contributed by atoms with van der Waals surface area (Å²) in [4.78, 5) is 27.0. The molecule has 0 saturated heterocycles. The van der Waals surface area contributed by atoms with Crippen LogP contribution >= 0.6 is 34.5 Å². The Kier molecular flexibility index (Phi) is 6.64. The van der Waals surface area contributed by atoms with Crippen LogP contribution in [-0.2, 0) is 11.2 Å². The fraction of sp³-hybridized carbons (Fsp3) is 0.105. The number of thiophene rings is 1. The molecular weight excluding hydrogens is 464 g/mol. The number of nitrogens with one attached hydrogen (secondary N) is 1. The minimum absolute atomic E-state index is 0.0744. The lowest BCUT2D eigenvalue weighted by molar-refractivity contribution is -0.120. The molecule has 0 spiro atoms. The van der Waals surface area contributed by atoms with Gasteiger partial charge in [0.15, 0.2) is 12.0 Å². The van der Waals surface area contributed by atoms with Crippen molar-refractivity contribution in [2.75, 3.05) is 5.32 Å².